The summed E-state index contributed by atoms with van der Waals surface area (Å²) in [6.45, 7) is 1.50. The van der Waals surface area contributed by atoms with Gasteiger partial charge in [0.05, 0.1) is 12.6 Å². The molecule has 0 aromatic heterocycles. The molecule has 2 rings (SSSR count). The van der Waals surface area contributed by atoms with Crippen LogP contribution in [0.15, 0.2) is 27.7 Å². The summed E-state index contributed by atoms with van der Waals surface area (Å²) in [5.74, 6) is 0.753. The number of aliphatic imine (C=N–C) groups is 1. The maximum absolute atomic E-state index is 12.5. The monoisotopic (exact) mass is 405 g/mol. The molecule has 1 saturated heterocycles. The van der Waals surface area contributed by atoms with Crippen LogP contribution < -0.4 is 15.4 Å². The lowest BCUT2D eigenvalue weighted by Gasteiger charge is -2.15. The summed E-state index contributed by atoms with van der Waals surface area (Å²) in [5, 5.41) is 6.36. The maximum Gasteiger partial charge on any atom is 0.387 e. The molecule has 0 bridgehead atoms. The van der Waals surface area contributed by atoms with E-state index in [2.05, 4.69) is 36.3 Å². The molecule has 2 N–H and O–H groups in total. The Morgan fingerprint density at radius 2 is 2.29 bits per heavy atom. The van der Waals surface area contributed by atoms with Gasteiger partial charge < -0.3 is 20.1 Å². The first-order valence-corrected chi connectivity index (χ1v) is 8.74. The fourth-order valence-corrected chi connectivity index (χ4v) is 2.81. The van der Waals surface area contributed by atoms with Crippen LogP contribution in [-0.2, 0) is 11.3 Å². The van der Waals surface area contributed by atoms with Gasteiger partial charge in [-0.3, -0.25) is 0 Å². The molecule has 0 saturated carbocycles. The average molecular weight is 406 g/mol. The molecule has 5 nitrogen and oxygen atoms in total. The molecule has 8 heteroatoms. The van der Waals surface area contributed by atoms with Crippen molar-refractivity contribution in [1.29, 1.82) is 0 Å². The van der Waals surface area contributed by atoms with Crippen molar-refractivity contribution >= 4 is 21.9 Å². The van der Waals surface area contributed by atoms with Crippen LogP contribution in [0.1, 0.15) is 25.3 Å². The number of ether oxygens (including phenoxy) is 2. The van der Waals surface area contributed by atoms with E-state index in [0.717, 1.165) is 23.9 Å². The number of alkyl halides is 2. The number of hydrogen-bond acceptors (Lipinski definition) is 3. The van der Waals surface area contributed by atoms with Gasteiger partial charge in [0, 0.05) is 29.7 Å². The normalized spacial score (nSPS) is 18.0. The van der Waals surface area contributed by atoms with Crippen molar-refractivity contribution in [3.05, 3.63) is 28.2 Å². The lowest BCUT2D eigenvalue weighted by atomic mass is 10.2. The highest BCUT2D eigenvalue weighted by Gasteiger charge is 2.15. The topological polar surface area (TPSA) is 54.9 Å². The van der Waals surface area contributed by atoms with Crippen molar-refractivity contribution in [2.24, 2.45) is 4.99 Å². The molecule has 0 spiro atoms. The Morgan fingerprint density at radius 3 is 2.96 bits per heavy atom. The van der Waals surface area contributed by atoms with Crippen LogP contribution in [0.4, 0.5) is 8.78 Å². The quantitative estimate of drug-likeness (QED) is 0.539. The predicted octanol–water partition coefficient (Wildman–Crippen LogP) is 3.28. The summed E-state index contributed by atoms with van der Waals surface area (Å²) in [7, 11) is 0. The molecule has 1 atom stereocenters. The predicted molar refractivity (Wildman–Crippen MR) is 92.6 cm³/mol. The minimum absolute atomic E-state index is 0.131. The van der Waals surface area contributed by atoms with E-state index < -0.39 is 6.61 Å². The maximum atomic E-state index is 12.5. The summed E-state index contributed by atoms with van der Waals surface area (Å²) in [6.07, 6.45) is 2.30. The van der Waals surface area contributed by atoms with Crippen LogP contribution in [-0.4, -0.2) is 38.4 Å². The number of benzene rings is 1. The summed E-state index contributed by atoms with van der Waals surface area (Å²) >= 11 is 3.34. The van der Waals surface area contributed by atoms with Crippen LogP contribution in [0.25, 0.3) is 0 Å². The van der Waals surface area contributed by atoms with E-state index in [1.165, 1.54) is 6.07 Å². The van der Waals surface area contributed by atoms with Crippen molar-refractivity contribution in [3.8, 4) is 5.75 Å². The Bertz CT molecular complexity index is 552. The second-order valence-corrected chi connectivity index (χ2v) is 6.26. The number of rotatable bonds is 7. The third-order valence-corrected chi connectivity index (χ3v) is 4.00. The molecule has 1 aliphatic rings. The van der Waals surface area contributed by atoms with Gasteiger partial charge in [0.25, 0.3) is 0 Å². The summed E-state index contributed by atoms with van der Waals surface area (Å²) in [4.78, 5) is 4.45. The molecular weight excluding hydrogens is 384 g/mol. The number of nitrogens with zero attached hydrogens (tertiary/aromatic N) is 1. The van der Waals surface area contributed by atoms with E-state index in [-0.39, 0.29) is 18.4 Å². The molecule has 134 valence electrons. The SMILES string of the molecule is CCNC(=NCc1cc(Br)ccc1OC(F)F)NCC1CCCO1. The molecule has 1 fully saturated rings. The number of guanidine groups is 1. The first kappa shape index (κ1) is 18.9. The van der Waals surface area contributed by atoms with Gasteiger partial charge in [-0.25, -0.2) is 4.99 Å². The number of hydrogen-bond donors (Lipinski definition) is 2. The molecule has 1 unspecified atom stereocenters. The fourth-order valence-electron chi connectivity index (χ4n) is 2.40. The van der Waals surface area contributed by atoms with Gasteiger partial charge in [-0.1, -0.05) is 15.9 Å². The van der Waals surface area contributed by atoms with Gasteiger partial charge in [-0.2, -0.15) is 8.78 Å². The standard InChI is InChI=1S/C16H22BrF2N3O2/c1-2-20-16(22-10-13-4-3-7-23-13)21-9-11-8-12(17)5-6-14(11)24-15(18)19/h5-6,8,13,15H,2-4,7,9-10H2,1H3,(H2,20,21,22). The van der Waals surface area contributed by atoms with Crippen molar-refractivity contribution in [3.63, 3.8) is 0 Å². The number of nitrogens with one attached hydrogen (secondary N) is 2. The van der Waals surface area contributed by atoms with Crippen molar-refractivity contribution < 1.29 is 18.3 Å². The van der Waals surface area contributed by atoms with E-state index in [4.69, 9.17) is 4.74 Å². The molecular formula is C16H22BrF2N3O2. The van der Waals surface area contributed by atoms with Crippen molar-refractivity contribution in [2.45, 2.75) is 39.0 Å². The zero-order valence-electron chi connectivity index (χ0n) is 13.5. The van der Waals surface area contributed by atoms with Gasteiger partial charge in [0.2, 0.25) is 0 Å². The van der Waals surface area contributed by atoms with E-state index >= 15 is 0 Å². The van der Waals surface area contributed by atoms with Crippen molar-refractivity contribution in [1.82, 2.24) is 10.6 Å². The minimum Gasteiger partial charge on any atom is -0.434 e. The van der Waals surface area contributed by atoms with E-state index in [1.54, 1.807) is 12.1 Å². The van der Waals surface area contributed by atoms with Crippen LogP contribution in [0, 0.1) is 0 Å². The Labute approximate surface area is 148 Å². The molecule has 1 aromatic rings. The van der Waals surface area contributed by atoms with E-state index in [0.29, 0.717) is 24.6 Å². The first-order chi connectivity index (χ1) is 11.6. The second kappa shape index (κ2) is 9.78. The zero-order valence-corrected chi connectivity index (χ0v) is 15.1. The molecule has 1 aromatic carbocycles. The smallest absolute Gasteiger partial charge is 0.387 e. The van der Waals surface area contributed by atoms with Crippen LogP contribution in [0.5, 0.6) is 5.75 Å². The molecule has 0 radical (unpaired) electrons. The largest absolute Gasteiger partial charge is 0.434 e. The van der Waals surface area contributed by atoms with Gasteiger partial charge in [0.15, 0.2) is 5.96 Å². The molecule has 24 heavy (non-hydrogen) atoms. The average Bonchev–Trinajstić information content (AvgIpc) is 3.05. The Kier molecular flexibility index (Phi) is 7.71. The first-order valence-electron chi connectivity index (χ1n) is 7.95. The number of halogens is 3. The fraction of sp³-hybridized carbons (Fsp3) is 0.562. The summed E-state index contributed by atoms with van der Waals surface area (Å²) in [6, 6.07) is 4.89. The Hall–Kier alpha value is -1.41. The minimum atomic E-state index is -2.86. The lowest BCUT2D eigenvalue weighted by molar-refractivity contribution is -0.0504. The lowest BCUT2D eigenvalue weighted by Crippen LogP contribution is -2.41. The van der Waals surface area contributed by atoms with Crippen LogP contribution in [0.2, 0.25) is 0 Å². The molecule has 1 aliphatic heterocycles. The Balaban J connectivity index is 2.02. The zero-order chi connectivity index (χ0) is 17.4. The molecule has 0 aliphatic carbocycles. The second-order valence-electron chi connectivity index (χ2n) is 5.34. The highest BCUT2D eigenvalue weighted by molar-refractivity contribution is 9.10. The molecule has 0 amide bonds. The van der Waals surface area contributed by atoms with E-state index in [9.17, 15) is 8.78 Å². The van der Waals surface area contributed by atoms with Gasteiger partial charge in [-0.15, -0.1) is 0 Å². The van der Waals surface area contributed by atoms with Crippen LogP contribution in [0.3, 0.4) is 0 Å². The molecule has 1 heterocycles. The van der Waals surface area contributed by atoms with Gasteiger partial charge >= 0.3 is 6.61 Å². The highest BCUT2D eigenvalue weighted by Crippen LogP contribution is 2.25. The Morgan fingerprint density at radius 1 is 1.46 bits per heavy atom. The van der Waals surface area contributed by atoms with Crippen LogP contribution >= 0.6 is 15.9 Å². The third-order valence-electron chi connectivity index (χ3n) is 3.51. The van der Waals surface area contributed by atoms with Gasteiger partial charge in [-0.05, 0) is 38.0 Å². The summed E-state index contributed by atoms with van der Waals surface area (Å²) < 4.78 is 35.9. The summed E-state index contributed by atoms with van der Waals surface area (Å²) in [5.41, 5.74) is 0.582. The highest BCUT2D eigenvalue weighted by atomic mass is 79.9. The third kappa shape index (κ3) is 6.24. The van der Waals surface area contributed by atoms with E-state index in [1.807, 2.05) is 6.92 Å². The van der Waals surface area contributed by atoms with Crippen molar-refractivity contribution in [2.75, 3.05) is 19.7 Å². The van der Waals surface area contributed by atoms with Gasteiger partial charge in [0.1, 0.15) is 5.75 Å².